The van der Waals surface area contributed by atoms with Gasteiger partial charge in [-0.2, -0.15) is 0 Å². The van der Waals surface area contributed by atoms with Crippen LogP contribution in [0.3, 0.4) is 0 Å². The molecule has 0 saturated carbocycles. The van der Waals surface area contributed by atoms with E-state index in [-0.39, 0.29) is 31.0 Å². The highest BCUT2D eigenvalue weighted by atomic mass is 79.9. The molecule has 0 fully saturated rings. The van der Waals surface area contributed by atoms with Gasteiger partial charge in [0, 0.05) is 19.0 Å². The number of nitrogens with zero attached hydrogens (tertiary/aromatic N) is 1. The maximum absolute atomic E-state index is 13.7. The van der Waals surface area contributed by atoms with E-state index < -0.39 is 6.04 Å². The van der Waals surface area contributed by atoms with Gasteiger partial charge in [-0.1, -0.05) is 79.5 Å². The summed E-state index contributed by atoms with van der Waals surface area (Å²) < 4.78 is 6.70. The van der Waals surface area contributed by atoms with Gasteiger partial charge in [0.2, 0.25) is 5.91 Å². The average molecular weight is 620 g/mol. The summed E-state index contributed by atoms with van der Waals surface area (Å²) in [5.41, 5.74) is 2.86. The molecular weight excluding hydrogens is 587 g/mol. The number of nitrogens with one attached hydrogen (secondary N) is 1. The van der Waals surface area contributed by atoms with Gasteiger partial charge in [0.05, 0.1) is 14.5 Å². The van der Waals surface area contributed by atoms with Gasteiger partial charge in [-0.05, 0) is 76.7 Å². The monoisotopic (exact) mass is 618 g/mol. The van der Waals surface area contributed by atoms with E-state index in [2.05, 4.69) is 28.2 Å². The van der Waals surface area contributed by atoms with E-state index >= 15 is 0 Å². The first-order valence-electron chi connectivity index (χ1n) is 12.7. The quantitative estimate of drug-likeness (QED) is 0.232. The third-order valence-electron chi connectivity index (χ3n) is 6.36. The van der Waals surface area contributed by atoms with Crippen molar-refractivity contribution in [3.63, 3.8) is 0 Å². The van der Waals surface area contributed by atoms with Gasteiger partial charge in [-0.25, -0.2) is 0 Å². The van der Waals surface area contributed by atoms with E-state index in [0.717, 1.165) is 34.0 Å². The number of benzene rings is 3. The SMILES string of the molecule is CCc1ccc(OCC(=O)N(Cc2ccc(Cl)c(Cl)c2)C(Cc2ccccc2)C(=O)NC(C)CC)c(Br)c1. The molecule has 1 N–H and O–H groups in total. The van der Waals surface area contributed by atoms with Crippen LogP contribution in [-0.2, 0) is 29.0 Å². The number of hydrogen-bond donors (Lipinski definition) is 1. The fourth-order valence-corrected chi connectivity index (χ4v) is 4.79. The molecule has 0 spiro atoms. The molecule has 202 valence electrons. The second-order valence-electron chi connectivity index (χ2n) is 9.20. The molecule has 0 radical (unpaired) electrons. The van der Waals surface area contributed by atoms with Crippen LogP contribution < -0.4 is 10.1 Å². The van der Waals surface area contributed by atoms with Gasteiger partial charge in [0.25, 0.3) is 5.91 Å². The van der Waals surface area contributed by atoms with Gasteiger partial charge >= 0.3 is 0 Å². The Morgan fingerprint density at radius 2 is 1.66 bits per heavy atom. The van der Waals surface area contributed by atoms with Crippen LogP contribution in [-0.4, -0.2) is 35.4 Å². The van der Waals surface area contributed by atoms with E-state index in [1.165, 1.54) is 0 Å². The third kappa shape index (κ3) is 8.48. The first-order valence-corrected chi connectivity index (χ1v) is 14.3. The van der Waals surface area contributed by atoms with Crippen LogP contribution in [0.25, 0.3) is 0 Å². The minimum Gasteiger partial charge on any atom is -0.483 e. The maximum Gasteiger partial charge on any atom is 0.261 e. The standard InChI is InChI=1S/C30H33BrCl2N2O3/c1-4-20(3)34-30(37)27(17-22-9-7-6-8-10-22)35(18-23-11-13-25(32)26(33)16-23)29(36)19-38-28-14-12-21(5-2)15-24(28)31/h6-16,20,27H,4-5,17-19H2,1-3H3,(H,34,37). The van der Waals surface area contributed by atoms with Crippen LogP contribution in [0.1, 0.15) is 43.9 Å². The zero-order chi connectivity index (χ0) is 27.7. The van der Waals surface area contributed by atoms with Crippen molar-refractivity contribution in [1.82, 2.24) is 10.2 Å². The summed E-state index contributed by atoms with van der Waals surface area (Å²) in [7, 11) is 0. The van der Waals surface area contributed by atoms with Crippen molar-refractivity contribution in [3.8, 4) is 5.75 Å². The highest BCUT2D eigenvalue weighted by Gasteiger charge is 2.31. The van der Waals surface area contributed by atoms with E-state index in [9.17, 15) is 9.59 Å². The fourth-order valence-electron chi connectivity index (χ4n) is 3.93. The predicted molar refractivity (Wildman–Crippen MR) is 158 cm³/mol. The number of carbonyl (C=O) groups is 2. The molecule has 5 nitrogen and oxygen atoms in total. The van der Waals surface area contributed by atoms with Crippen molar-refractivity contribution < 1.29 is 14.3 Å². The summed E-state index contributed by atoms with van der Waals surface area (Å²) in [6, 6.07) is 19.9. The van der Waals surface area contributed by atoms with Crippen LogP contribution in [0, 0.1) is 0 Å². The molecule has 3 aromatic carbocycles. The van der Waals surface area contributed by atoms with Gasteiger partial charge < -0.3 is 15.0 Å². The minimum absolute atomic E-state index is 0.0352. The number of rotatable bonds is 12. The molecule has 3 aromatic rings. The first kappa shape index (κ1) is 30.0. The van der Waals surface area contributed by atoms with E-state index in [1.54, 1.807) is 17.0 Å². The number of amides is 2. The lowest BCUT2D eigenvalue weighted by atomic mass is 10.0. The normalized spacial score (nSPS) is 12.5. The van der Waals surface area contributed by atoms with Crippen LogP contribution in [0.4, 0.5) is 0 Å². The van der Waals surface area contributed by atoms with Gasteiger partial charge in [-0.3, -0.25) is 9.59 Å². The van der Waals surface area contributed by atoms with Crippen LogP contribution >= 0.6 is 39.1 Å². The van der Waals surface area contributed by atoms with Gasteiger partial charge in [0.1, 0.15) is 11.8 Å². The largest absolute Gasteiger partial charge is 0.483 e. The molecular formula is C30H33BrCl2N2O3. The van der Waals surface area contributed by atoms with Gasteiger partial charge in [0.15, 0.2) is 6.61 Å². The Morgan fingerprint density at radius 3 is 2.29 bits per heavy atom. The highest BCUT2D eigenvalue weighted by molar-refractivity contribution is 9.10. The zero-order valence-corrected chi connectivity index (χ0v) is 24.9. The molecule has 2 unspecified atom stereocenters. The second-order valence-corrected chi connectivity index (χ2v) is 10.9. The fraction of sp³-hybridized carbons (Fsp3) is 0.333. The molecule has 0 aromatic heterocycles. The first-order chi connectivity index (χ1) is 18.2. The van der Waals surface area contributed by atoms with Crippen LogP contribution in [0.15, 0.2) is 71.2 Å². The number of aryl methyl sites for hydroxylation is 1. The van der Waals surface area contributed by atoms with Gasteiger partial charge in [-0.15, -0.1) is 0 Å². The van der Waals surface area contributed by atoms with Crippen molar-refractivity contribution in [2.45, 2.75) is 58.7 Å². The number of ether oxygens (including phenoxy) is 1. The Hall–Kier alpha value is -2.54. The molecule has 0 saturated heterocycles. The summed E-state index contributed by atoms with van der Waals surface area (Å²) in [6.07, 6.45) is 2.02. The van der Waals surface area contributed by atoms with E-state index in [0.29, 0.717) is 22.2 Å². The van der Waals surface area contributed by atoms with Crippen molar-refractivity contribution in [2.75, 3.05) is 6.61 Å². The molecule has 38 heavy (non-hydrogen) atoms. The summed E-state index contributed by atoms with van der Waals surface area (Å²) in [6.45, 7) is 5.96. The Bertz CT molecular complexity index is 1240. The smallest absolute Gasteiger partial charge is 0.261 e. The average Bonchev–Trinajstić information content (AvgIpc) is 2.92. The molecule has 0 aliphatic rings. The third-order valence-corrected chi connectivity index (χ3v) is 7.72. The minimum atomic E-state index is -0.761. The Morgan fingerprint density at radius 1 is 0.947 bits per heavy atom. The number of carbonyl (C=O) groups excluding carboxylic acids is 2. The van der Waals surface area contributed by atoms with Crippen molar-refractivity contribution >= 4 is 50.9 Å². The summed E-state index contributed by atoms with van der Waals surface area (Å²) >= 11 is 15.9. The molecule has 0 bridgehead atoms. The molecule has 8 heteroatoms. The lowest BCUT2D eigenvalue weighted by molar-refractivity contribution is -0.143. The molecule has 2 amide bonds. The molecule has 0 aliphatic heterocycles. The Balaban J connectivity index is 1.94. The van der Waals surface area contributed by atoms with Crippen molar-refractivity contribution in [2.24, 2.45) is 0 Å². The molecule has 3 rings (SSSR count). The second kappa shape index (κ2) is 14.6. The highest BCUT2D eigenvalue weighted by Crippen LogP contribution is 2.27. The van der Waals surface area contributed by atoms with Crippen LogP contribution in [0.2, 0.25) is 10.0 Å². The summed E-state index contributed by atoms with van der Waals surface area (Å²) in [5.74, 6) is 0.0292. The summed E-state index contributed by atoms with van der Waals surface area (Å²) in [4.78, 5) is 28.9. The van der Waals surface area contributed by atoms with E-state index in [1.807, 2.05) is 68.4 Å². The number of halogens is 3. The molecule has 2 atom stereocenters. The van der Waals surface area contributed by atoms with Crippen molar-refractivity contribution in [1.29, 1.82) is 0 Å². The molecule has 0 aliphatic carbocycles. The van der Waals surface area contributed by atoms with Crippen LogP contribution in [0.5, 0.6) is 5.75 Å². The number of hydrogen-bond acceptors (Lipinski definition) is 3. The molecule has 0 heterocycles. The lowest BCUT2D eigenvalue weighted by Gasteiger charge is -2.32. The summed E-state index contributed by atoms with van der Waals surface area (Å²) in [5, 5.41) is 3.87. The predicted octanol–water partition coefficient (Wildman–Crippen LogP) is 7.25. The van der Waals surface area contributed by atoms with Crippen molar-refractivity contribution in [3.05, 3.63) is 97.9 Å². The Labute approximate surface area is 243 Å². The lowest BCUT2D eigenvalue weighted by Crippen LogP contribution is -2.53. The topological polar surface area (TPSA) is 58.6 Å². The van der Waals surface area contributed by atoms with E-state index in [4.69, 9.17) is 27.9 Å². The Kier molecular flexibility index (Phi) is 11.5. The zero-order valence-electron chi connectivity index (χ0n) is 21.8. The maximum atomic E-state index is 13.7.